The first-order valence-corrected chi connectivity index (χ1v) is 3.44. The van der Waals surface area contributed by atoms with Gasteiger partial charge in [0.1, 0.15) is 5.82 Å². The molecule has 0 atom stereocenters. The molecule has 0 spiro atoms. The summed E-state index contributed by atoms with van der Waals surface area (Å²) >= 11 is 0. The Balaban J connectivity index is 3.11. The van der Waals surface area contributed by atoms with Crippen molar-refractivity contribution in [2.75, 3.05) is 7.11 Å². The molecule has 0 aliphatic rings. The SMILES string of the molecule is [C-]#[N+]c1ccc(C(=O)OC)cc1F. The summed E-state index contributed by atoms with van der Waals surface area (Å²) in [5.74, 6) is -1.33. The molecule has 0 amide bonds. The van der Waals surface area contributed by atoms with E-state index in [1.165, 1.54) is 19.2 Å². The van der Waals surface area contributed by atoms with E-state index < -0.39 is 11.8 Å². The third kappa shape index (κ3) is 1.82. The second-order valence-electron chi connectivity index (χ2n) is 2.27. The number of nitrogens with zero attached hydrogens (tertiary/aromatic N) is 1. The van der Waals surface area contributed by atoms with E-state index in [0.717, 1.165) is 6.07 Å². The summed E-state index contributed by atoms with van der Waals surface area (Å²) in [4.78, 5) is 13.8. The normalized spacial score (nSPS) is 9.00. The molecule has 0 aromatic heterocycles. The van der Waals surface area contributed by atoms with Crippen LogP contribution in [0.15, 0.2) is 18.2 Å². The minimum Gasteiger partial charge on any atom is -0.465 e. The molecule has 0 aliphatic heterocycles. The van der Waals surface area contributed by atoms with Gasteiger partial charge in [0, 0.05) is 0 Å². The summed E-state index contributed by atoms with van der Waals surface area (Å²) in [6, 6.07) is 3.58. The smallest absolute Gasteiger partial charge is 0.337 e. The Bertz CT molecular complexity index is 382. The number of hydrogen-bond donors (Lipinski definition) is 0. The largest absolute Gasteiger partial charge is 0.465 e. The molecule has 3 nitrogen and oxygen atoms in total. The zero-order chi connectivity index (χ0) is 9.84. The summed E-state index contributed by atoms with van der Waals surface area (Å²) in [5.41, 5.74) is 0.0000491. The molecule has 0 bridgehead atoms. The van der Waals surface area contributed by atoms with Crippen molar-refractivity contribution in [1.29, 1.82) is 0 Å². The van der Waals surface area contributed by atoms with Crippen LogP contribution < -0.4 is 0 Å². The van der Waals surface area contributed by atoms with E-state index in [0.29, 0.717) is 0 Å². The maximum Gasteiger partial charge on any atom is 0.337 e. The zero-order valence-electron chi connectivity index (χ0n) is 6.87. The first-order chi connectivity index (χ1) is 6.19. The highest BCUT2D eigenvalue weighted by atomic mass is 19.1. The van der Waals surface area contributed by atoms with Crippen LogP contribution in [0.25, 0.3) is 4.85 Å². The second kappa shape index (κ2) is 3.68. The van der Waals surface area contributed by atoms with E-state index in [1.807, 2.05) is 0 Å². The minimum atomic E-state index is -0.710. The molecule has 66 valence electrons. The van der Waals surface area contributed by atoms with Crippen molar-refractivity contribution in [3.05, 3.63) is 41.0 Å². The third-order valence-electron chi connectivity index (χ3n) is 1.49. The van der Waals surface area contributed by atoms with E-state index in [9.17, 15) is 9.18 Å². The molecule has 1 aromatic rings. The highest BCUT2D eigenvalue weighted by Crippen LogP contribution is 2.18. The van der Waals surface area contributed by atoms with Gasteiger partial charge in [-0.2, -0.15) is 0 Å². The van der Waals surface area contributed by atoms with E-state index in [-0.39, 0.29) is 11.3 Å². The lowest BCUT2D eigenvalue weighted by atomic mass is 10.2. The summed E-state index contributed by atoms with van der Waals surface area (Å²) in [6.45, 7) is 6.58. The lowest BCUT2D eigenvalue weighted by molar-refractivity contribution is 0.0600. The molecule has 0 unspecified atom stereocenters. The Kier molecular flexibility index (Phi) is 2.60. The van der Waals surface area contributed by atoms with Crippen molar-refractivity contribution in [3.8, 4) is 0 Å². The second-order valence-corrected chi connectivity index (χ2v) is 2.27. The first-order valence-electron chi connectivity index (χ1n) is 3.44. The van der Waals surface area contributed by atoms with Crippen LogP contribution in [0.2, 0.25) is 0 Å². The Morgan fingerprint density at radius 2 is 2.31 bits per heavy atom. The Hall–Kier alpha value is -1.89. The fourth-order valence-corrected chi connectivity index (χ4v) is 0.842. The first kappa shape index (κ1) is 9.20. The highest BCUT2D eigenvalue weighted by Gasteiger charge is 2.08. The summed E-state index contributed by atoms with van der Waals surface area (Å²) in [7, 11) is 1.21. The van der Waals surface area contributed by atoms with Gasteiger partial charge >= 0.3 is 5.97 Å². The highest BCUT2D eigenvalue weighted by molar-refractivity contribution is 5.89. The van der Waals surface area contributed by atoms with Crippen LogP contribution >= 0.6 is 0 Å². The molecular weight excluding hydrogens is 173 g/mol. The predicted octanol–water partition coefficient (Wildman–Crippen LogP) is 2.16. The summed E-state index contributed by atoms with van der Waals surface area (Å²) in [6.07, 6.45) is 0. The average Bonchev–Trinajstić information content (AvgIpc) is 2.16. The predicted molar refractivity (Wildman–Crippen MR) is 44.0 cm³/mol. The van der Waals surface area contributed by atoms with Crippen molar-refractivity contribution in [1.82, 2.24) is 0 Å². The average molecular weight is 179 g/mol. The van der Waals surface area contributed by atoms with Gasteiger partial charge in [-0.05, 0) is 6.07 Å². The van der Waals surface area contributed by atoms with E-state index in [1.54, 1.807) is 0 Å². The Morgan fingerprint density at radius 1 is 1.62 bits per heavy atom. The van der Waals surface area contributed by atoms with Crippen LogP contribution in [0, 0.1) is 12.4 Å². The molecule has 0 aliphatic carbocycles. The maximum absolute atomic E-state index is 12.9. The van der Waals surface area contributed by atoms with Crippen molar-refractivity contribution >= 4 is 11.7 Å². The lowest BCUT2D eigenvalue weighted by Gasteiger charge is -1.99. The summed E-state index contributed by atoms with van der Waals surface area (Å²) in [5, 5.41) is 0. The number of carbonyl (C=O) groups is 1. The standard InChI is InChI=1S/C9H6FNO2/c1-11-8-4-3-6(5-7(8)10)9(12)13-2/h3-5H,2H3. The zero-order valence-corrected chi connectivity index (χ0v) is 6.87. The Labute approximate surface area is 74.6 Å². The number of methoxy groups -OCH3 is 1. The van der Waals surface area contributed by atoms with Gasteiger partial charge in [-0.1, -0.05) is 12.1 Å². The number of esters is 1. The van der Waals surface area contributed by atoms with Crippen LogP contribution in [0.4, 0.5) is 10.1 Å². The van der Waals surface area contributed by atoms with Crippen LogP contribution in [0.3, 0.4) is 0 Å². The van der Waals surface area contributed by atoms with Gasteiger partial charge in [0.05, 0.1) is 19.2 Å². The number of hydrogen-bond acceptors (Lipinski definition) is 2. The molecule has 1 aromatic carbocycles. The third-order valence-corrected chi connectivity index (χ3v) is 1.49. The van der Waals surface area contributed by atoms with Gasteiger partial charge in [-0.3, -0.25) is 0 Å². The number of benzene rings is 1. The molecular formula is C9H6FNO2. The van der Waals surface area contributed by atoms with Crippen molar-refractivity contribution in [2.24, 2.45) is 0 Å². The topological polar surface area (TPSA) is 30.7 Å². The van der Waals surface area contributed by atoms with E-state index in [4.69, 9.17) is 6.57 Å². The molecule has 4 heteroatoms. The van der Waals surface area contributed by atoms with Crippen LogP contribution in [-0.2, 0) is 4.74 Å². The number of halogens is 1. The van der Waals surface area contributed by atoms with E-state index >= 15 is 0 Å². The lowest BCUT2D eigenvalue weighted by Crippen LogP contribution is -2.00. The van der Waals surface area contributed by atoms with Gasteiger partial charge < -0.3 is 4.74 Å². The number of ether oxygens (including phenoxy) is 1. The number of rotatable bonds is 1. The molecule has 0 N–H and O–H groups in total. The Morgan fingerprint density at radius 3 is 2.77 bits per heavy atom. The van der Waals surface area contributed by atoms with Crippen LogP contribution in [-0.4, -0.2) is 13.1 Å². The van der Waals surface area contributed by atoms with Crippen LogP contribution in [0.1, 0.15) is 10.4 Å². The molecule has 0 radical (unpaired) electrons. The molecule has 0 saturated heterocycles. The van der Waals surface area contributed by atoms with Crippen molar-refractivity contribution in [3.63, 3.8) is 0 Å². The molecule has 1 rings (SSSR count). The monoisotopic (exact) mass is 179 g/mol. The summed E-state index contributed by atoms with van der Waals surface area (Å²) < 4.78 is 17.3. The molecule has 13 heavy (non-hydrogen) atoms. The fourth-order valence-electron chi connectivity index (χ4n) is 0.842. The van der Waals surface area contributed by atoms with Crippen molar-refractivity contribution < 1.29 is 13.9 Å². The maximum atomic E-state index is 12.9. The minimum absolute atomic E-state index is 0.104. The van der Waals surface area contributed by atoms with Gasteiger partial charge in [-0.15, -0.1) is 0 Å². The van der Waals surface area contributed by atoms with E-state index in [2.05, 4.69) is 9.58 Å². The van der Waals surface area contributed by atoms with Gasteiger partial charge in [0.15, 0.2) is 0 Å². The van der Waals surface area contributed by atoms with Crippen LogP contribution in [0.5, 0.6) is 0 Å². The number of carbonyl (C=O) groups excluding carboxylic acids is 1. The molecule has 0 fully saturated rings. The van der Waals surface area contributed by atoms with Crippen molar-refractivity contribution in [2.45, 2.75) is 0 Å². The van der Waals surface area contributed by atoms with Gasteiger partial charge in [0.25, 0.3) is 0 Å². The molecule has 0 saturated carbocycles. The molecule has 0 heterocycles. The van der Waals surface area contributed by atoms with Gasteiger partial charge in [-0.25, -0.2) is 14.0 Å². The van der Waals surface area contributed by atoms with Gasteiger partial charge in [0.2, 0.25) is 5.69 Å². The quantitative estimate of drug-likeness (QED) is 0.488. The fraction of sp³-hybridized carbons (Fsp3) is 0.111.